The van der Waals surface area contributed by atoms with Gasteiger partial charge in [0.15, 0.2) is 5.75 Å². The van der Waals surface area contributed by atoms with Crippen LogP contribution >= 0.6 is 0 Å². The van der Waals surface area contributed by atoms with E-state index < -0.39 is 0 Å². The van der Waals surface area contributed by atoms with Crippen molar-refractivity contribution in [1.82, 2.24) is 4.90 Å². The predicted molar refractivity (Wildman–Crippen MR) is 92.9 cm³/mol. The third kappa shape index (κ3) is 1.90. The number of anilines is 1. The van der Waals surface area contributed by atoms with Gasteiger partial charge in [0.1, 0.15) is 17.2 Å². The van der Waals surface area contributed by atoms with Gasteiger partial charge in [0.05, 0.1) is 0 Å². The molecule has 3 aliphatic rings. The van der Waals surface area contributed by atoms with Crippen LogP contribution in [0, 0.1) is 0 Å². The smallest absolute Gasteiger partial charge is 0.162 e. The normalized spacial score (nSPS) is 18.8. The van der Waals surface area contributed by atoms with Crippen molar-refractivity contribution < 1.29 is 9.84 Å². The number of hydrogen-bond donors (Lipinski definition) is 2. The van der Waals surface area contributed by atoms with Gasteiger partial charge in [0, 0.05) is 36.3 Å². The molecule has 4 nitrogen and oxygen atoms in total. The molecular formula is C19H22N2O2. The highest BCUT2D eigenvalue weighted by molar-refractivity contribution is 6.13. The fraction of sp³-hybridized carbons (Fsp3) is 0.368. The number of hydrogen-bond acceptors (Lipinski definition) is 4. The molecule has 1 aromatic carbocycles. The number of nitrogen functional groups attached to an aromatic ring is 1. The summed E-state index contributed by atoms with van der Waals surface area (Å²) in [6.07, 6.45) is 3.30. The van der Waals surface area contributed by atoms with Crippen molar-refractivity contribution >= 4 is 16.8 Å². The molecule has 1 fully saturated rings. The van der Waals surface area contributed by atoms with Crippen LogP contribution < -0.4 is 10.5 Å². The SMILES string of the molecule is C=C(CC1=C(C)Oc2c(N)c(O)cc3c2C1=C3C)N1CCCC1. The molecule has 0 amide bonds. The Morgan fingerprint density at radius 1 is 1.35 bits per heavy atom. The molecule has 1 aliphatic carbocycles. The van der Waals surface area contributed by atoms with Crippen LogP contribution in [-0.4, -0.2) is 23.1 Å². The van der Waals surface area contributed by atoms with Gasteiger partial charge in [-0.3, -0.25) is 0 Å². The molecule has 3 N–H and O–H groups in total. The van der Waals surface area contributed by atoms with Crippen LogP contribution in [-0.2, 0) is 0 Å². The monoisotopic (exact) mass is 310 g/mol. The zero-order valence-electron chi connectivity index (χ0n) is 13.7. The Morgan fingerprint density at radius 2 is 2.04 bits per heavy atom. The van der Waals surface area contributed by atoms with Crippen LogP contribution in [0.4, 0.5) is 5.69 Å². The van der Waals surface area contributed by atoms with E-state index in [2.05, 4.69) is 18.4 Å². The first-order valence-electron chi connectivity index (χ1n) is 8.16. The van der Waals surface area contributed by atoms with E-state index in [1.807, 2.05) is 6.92 Å². The Labute approximate surface area is 136 Å². The number of phenols is 1. The number of benzene rings is 1. The second kappa shape index (κ2) is 4.82. The molecular weight excluding hydrogens is 288 g/mol. The number of aromatic hydroxyl groups is 1. The maximum atomic E-state index is 9.98. The van der Waals surface area contributed by atoms with Gasteiger partial charge in [-0.1, -0.05) is 6.58 Å². The van der Waals surface area contributed by atoms with Crippen LogP contribution in [0.25, 0.3) is 11.1 Å². The molecule has 120 valence electrons. The van der Waals surface area contributed by atoms with Crippen LogP contribution in [0.1, 0.15) is 44.2 Å². The van der Waals surface area contributed by atoms with E-state index in [0.717, 1.165) is 42.1 Å². The van der Waals surface area contributed by atoms with Gasteiger partial charge in [-0.25, -0.2) is 0 Å². The van der Waals surface area contributed by atoms with E-state index in [4.69, 9.17) is 10.5 Å². The average molecular weight is 310 g/mol. The Kier molecular flexibility index (Phi) is 2.98. The Bertz CT molecular complexity index is 796. The molecule has 0 radical (unpaired) electrons. The summed E-state index contributed by atoms with van der Waals surface area (Å²) in [5.74, 6) is 1.55. The number of ether oxygens (including phenoxy) is 1. The summed E-state index contributed by atoms with van der Waals surface area (Å²) in [7, 11) is 0. The molecule has 1 aromatic rings. The fourth-order valence-electron chi connectivity index (χ4n) is 3.90. The fourth-order valence-corrected chi connectivity index (χ4v) is 3.90. The van der Waals surface area contributed by atoms with Crippen LogP contribution in [0.2, 0.25) is 0 Å². The number of nitrogens with zero attached hydrogens (tertiary/aromatic N) is 1. The second-order valence-corrected chi connectivity index (χ2v) is 6.64. The summed E-state index contributed by atoms with van der Waals surface area (Å²) in [6, 6.07) is 1.74. The molecule has 4 rings (SSSR count). The standard InChI is InChI=1S/C19H22N2O2/c1-10(21-6-4-5-7-21)8-14-12(3)23-19-17-13(11(2)16(14)17)9-15(22)18(19)20/h9,22H,1,4-8,20H2,2-3H3. The van der Waals surface area contributed by atoms with Gasteiger partial charge in [-0.2, -0.15) is 0 Å². The van der Waals surface area contributed by atoms with Crippen LogP contribution in [0.5, 0.6) is 11.5 Å². The minimum atomic E-state index is 0.0925. The van der Waals surface area contributed by atoms with E-state index >= 15 is 0 Å². The van der Waals surface area contributed by atoms with Crippen molar-refractivity contribution in [3.8, 4) is 11.5 Å². The Hall–Kier alpha value is -2.36. The summed E-state index contributed by atoms with van der Waals surface area (Å²) < 4.78 is 5.98. The first kappa shape index (κ1) is 14.2. The molecule has 23 heavy (non-hydrogen) atoms. The minimum absolute atomic E-state index is 0.0925. The molecule has 0 spiro atoms. The van der Waals surface area contributed by atoms with E-state index in [1.54, 1.807) is 6.07 Å². The first-order valence-corrected chi connectivity index (χ1v) is 8.16. The first-order chi connectivity index (χ1) is 11.0. The summed E-state index contributed by atoms with van der Waals surface area (Å²) in [5, 5.41) is 9.98. The molecule has 2 aliphatic heterocycles. The van der Waals surface area contributed by atoms with E-state index in [1.165, 1.54) is 29.6 Å². The largest absolute Gasteiger partial charge is 0.506 e. The maximum Gasteiger partial charge on any atom is 0.162 e. The summed E-state index contributed by atoms with van der Waals surface area (Å²) in [5.41, 5.74) is 13.2. The summed E-state index contributed by atoms with van der Waals surface area (Å²) in [6.45, 7) is 10.6. The van der Waals surface area contributed by atoms with Crippen molar-refractivity contribution in [1.29, 1.82) is 0 Å². The average Bonchev–Trinajstić information content (AvgIpc) is 3.06. The van der Waals surface area contributed by atoms with Crippen LogP contribution in [0.15, 0.2) is 29.7 Å². The molecule has 1 saturated heterocycles. The Morgan fingerprint density at radius 3 is 2.74 bits per heavy atom. The topological polar surface area (TPSA) is 58.7 Å². The molecule has 0 bridgehead atoms. The van der Waals surface area contributed by atoms with E-state index in [0.29, 0.717) is 11.4 Å². The molecule has 0 atom stereocenters. The van der Waals surface area contributed by atoms with Gasteiger partial charge >= 0.3 is 0 Å². The quantitative estimate of drug-likeness (QED) is 0.657. The molecule has 0 unspecified atom stereocenters. The summed E-state index contributed by atoms with van der Waals surface area (Å²) >= 11 is 0. The number of allylic oxidation sites excluding steroid dienone is 4. The third-order valence-corrected chi connectivity index (χ3v) is 5.24. The minimum Gasteiger partial charge on any atom is -0.506 e. The van der Waals surface area contributed by atoms with Gasteiger partial charge in [-0.05, 0) is 49.5 Å². The number of rotatable bonds is 3. The number of likely N-dealkylation sites (tertiary alicyclic amines) is 1. The lowest BCUT2D eigenvalue weighted by molar-refractivity contribution is 0.397. The highest BCUT2D eigenvalue weighted by Gasteiger charge is 2.37. The zero-order valence-corrected chi connectivity index (χ0v) is 13.7. The van der Waals surface area contributed by atoms with Crippen molar-refractivity contribution in [3.63, 3.8) is 0 Å². The predicted octanol–water partition coefficient (Wildman–Crippen LogP) is 3.88. The molecule has 4 heteroatoms. The number of phenolic OH excluding ortho intramolecular Hbond substituents is 1. The highest BCUT2D eigenvalue weighted by atomic mass is 16.5. The lowest BCUT2D eigenvalue weighted by Gasteiger charge is -2.36. The third-order valence-electron chi connectivity index (χ3n) is 5.24. The number of nitrogens with two attached hydrogens (primary N) is 1. The lowest BCUT2D eigenvalue weighted by Crippen LogP contribution is -2.22. The maximum absolute atomic E-state index is 9.98. The van der Waals surface area contributed by atoms with Gasteiger partial charge < -0.3 is 20.5 Å². The van der Waals surface area contributed by atoms with E-state index in [9.17, 15) is 5.11 Å². The molecule has 2 heterocycles. The second-order valence-electron chi connectivity index (χ2n) is 6.64. The van der Waals surface area contributed by atoms with E-state index in [-0.39, 0.29) is 5.75 Å². The Balaban J connectivity index is 1.71. The molecule has 0 aromatic heterocycles. The van der Waals surface area contributed by atoms with Crippen LogP contribution in [0.3, 0.4) is 0 Å². The summed E-state index contributed by atoms with van der Waals surface area (Å²) in [4.78, 5) is 2.37. The van der Waals surface area contributed by atoms with Gasteiger partial charge in [-0.15, -0.1) is 0 Å². The van der Waals surface area contributed by atoms with Crippen molar-refractivity contribution in [3.05, 3.63) is 40.8 Å². The van der Waals surface area contributed by atoms with Gasteiger partial charge in [0.2, 0.25) is 0 Å². The van der Waals surface area contributed by atoms with Crippen molar-refractivity contribution in [2.75, 3.05) is 18.8 Å². The highest BCUT2D eigenvalue weighted by Crippen LogP contribution is 2.57. The van der Waals surface area contributed by atoms with Gasteiger partial charge in [0.25, 0.3) is 0 Å². The lowest BCUT2D eigenvalue weighted by atomic mass is 9.74. The zero-order chi connectivity index (χ0) is 16.3. The molecule has 0 saturated carbocycles. The van der Waals surface area contributed by atoms with Crippen molar-refractivity contribution in [2.45, 2.75) is 33.1 Å². The van der Waals surface area contributed by atoms with Crippen molar-refractivity contribution in [2.24, 2.45) is 0 Å².